The van der Waals surface area contributed by atoms with E-state index in [9.17, 15) is 26.4 Å². The SMILES string of the molecule is COC(=O)[C@@H]1C(c2ccc(OC)cc2)[C@H](C(=O)OC)S(=O)(=O)C(CCN2CCCCC2)S1(=O)=O. The lowest BCUT2D eigenvalue weighted by atomic mass is 9.91. The standard InChI is InChI=1S/C22H31NO9S2/c1-30-16-9-7-15(8-10-16)18-19(21(24)31-2)33(26,27)17(11-14-23-12-5-4-6-13-23)34(28,29)20(18)22(25)32-3/h7-10,17-20H,4-6,11-14H2,1-3H3/t17?,18?,19-,20+. The summed E-state index contributed by atoms with van der Waals surface area (Å²) in [6.07, 6.45) is 2.70. The van der Waals surface area contributed by atoms with Gasteiger partial charge in [0.1, 0.15) is 5.75 Å². The molecule has 3 rings (SSSR count). The van der Waals surface area contributed by atoms with Gasteiger partial charge in [0.05, 0.1) is 21.3 Å². The molecule has 34 heavy (non-hydrogen) atoms. The summed E-state index contributed by atoms with van der Waals surface area (Å²) in [5.74, 6) is -3.33. The van der Waals surface area contributed by atoms with Gasteiger partial charge in [0.15, 0.2) is 34.8 Å². The van der Waals surface area contributed by atoms with Crippen LogP contribution in [0.25, 0.3) is 0 Å². The number of carbonyl (C=O) groups excluding carboxylic acids is 2. The number of piperidine rings is 1. The summed E-state index contributed by atoms with van der Waals surface area (Å²) in [6.45, 7) is 1.70. The summed E-state index contributed by atoms with van der Waals surface area (Å²) in [5, 5.41) is -3.77. The molecular formula is C22H31NO9S2. The number of hydrogen-bond acceptors (Lipinski definition) is 10. The Labute approximate surface area is 200 Å². The Balaban J connectivity index is 2.13. The summed E-state index contributed by atoms with van der Waals surface area (Å²) in [5.41, 5.74) is 0.174. The van der Waals surface area contributed by atoms with Gasteiger partial charge in [0, 0.05) is 12.5 Å². The number of carbonyl (C=O) groups is 2. The van der Waals surface area contributed by atoms with E-state index in [1.807, 2.05) is 4.90 Å². The molecular weight excluding hydrogens is 486 g/mol. The predicted octanol–water partition coefficient (Wildman–Crippen LogP) is 0.907. The highest BCUT2D eigenvalue weighted by atomic mass is 32.3. The first kappa shape index (κ1) is 26.4. The number of hydrogen-bond donors (Lipinski definition) is 0. The van der Waals surface area contributed by atoms with Gasteiger partial charge in [-0.3, -0.25) is 9.59 Å². The van der Waals surface area contributed by atoms with Crippen molar-refractivity contribution in [2.75, 3.05) is 41.0 Å². The first-order valence-electron chi connectivity index (χ1n) is 11.1. The first-order valence-corrected chi connectivity index (χ1v) is 14.3. The summed E-state index contributed by atoms with van der Waals surface area (Å²) in [4.78, 5) is 27.7. The fourth-order valence-corrected chi connectivity index (χ4v) is 10.9. The van der Waals surface area contributed by atoms with Crippen LogP contribution in [0.1, 0.15) is 37.2 Å². The van der Waals surface area contributed by atoms with Gasteiger partial charge in [-0.15, -0.1) is 0 Å². The fraction of sp³-hybridized carbons (Fsp3) is 0.636. The van der Waals surface area contributed by atoms with Gasteiger partial charge >= 0.3 is 11.9 Å². The van der Waals surface area contributed by atoms with Crippen LogP contribution in [-0.4, -0.2) is 89.7 Å². The Morgan fingerprint density at radius 3 is 1.79 bits per heavy atom. The molecule has 0 saturated carbocycles. The predicted molar refractivity (Wildman–Crippen MR) is 124 cm³/mol. The molecule has 2 heterocycles. The zero-order valence-corrected chi connectivity index (χ0v) is 21.1. The molecule has 2 aliphatic rings. The van der Waals surface area contributed by atoms with Crippen molar-refractivity contribution in [1.82, 2.24) is 4.90 Å². The number of sulfone groups is 2. The third-order valence-electron chi connectivity index (χ3n) is 6.59. The summed E-state index contributed by atoms with van der Waals surface area (Å²) >= 11 is 0. The molecule has 2 aliphatic heterocycles. The van der Waals surface area contributed by atoms with E-state index in [1.165, 1.54) is 31.4 Å². The molecule has 0 bridgehead atoms. The van der Waals surface area contributed by atoms with Gasteiger partial charge in [-0.2, -0.15) is 0 Å². The Morgan fingerprint density at radius 1 is 0.853 bits per heavy atom. The maximum atomic E-state index is 13.7. The van der Waals surface area contributed by atoms with Crippen LogP contribution in [0.5, 0.6) is 5.75 Å². The van der Waals surface area contributed by atoms with Gasteiger partial charge in [0.2, 0.25) is 0 Å². The molecule has 10 nitrogen and oxygen atoms in total. The number of rotatable bonds is 7. The summed E-state index contributed by atoms with van der Waals surface area (Å²) in [6, 6.07) is 5.88. The summed E-state index contributed by atoms with van der Waals surface area (Å²) in [7, 11) is -5.70. The van der Waals surface area contributed by atoms with Gasteiger partial charge in [-0.05, 0) is 50.0 Å². The monoisotopic (exact) mass is 517 g/mol. The Bertz CT molecular complexity index is 1040. The largest absolute Gasteiger partial charge is 0.497 e. The summed E-state index contributed by atoms with van der Waals surface area (Å²) < 4.78 is 67.5. The molecule has 0 radical (unpaired) electrons. The second-order valence-corrected chi connectivity index (χ2v) is 13.3. The van der Waals surface area contributed by atoms with Crippen molar-refractivity contribution in [3.63, 3.8) is 0 Å². The van der Waals surface area contributed by atoms with Crippen LogP contribution in [0.15, 0.2) is 24.3 Å². The average Bonchev–Trinajstić information content (AvgIpc) is 2.82. The Morgan fingerprint density at radius 2 is 1.35 bits per heavy atom. The van der Waals surface area contributed by atoms with Crippen LogP contribution < -0.4 is 4.74 Å². The average molecular weight is 518 g/mol. The topological polar surface area (TPSA) is 133 Å². The quantitative estimate of drug-likeness (QED) is 0.481. The number of methoxy groups -OCH3 is 3. The molecule has 4 atom stereocenters. The molecule has 0 amide bonds. The lowest BCUT2D eigenvalue weighted by Gasteiger charge is -2.39. The van der Waals surface area contributed by atoms with Crippen molar-refractivity contribution in [1.29, 1.82) is 0 Å². The number of ether oxygens (including phenoxy) is 3. The van der Waals surface area contributed by atoms with E-state index < -0.39 is 52.6 Å². The molecule has 12 heteroatoms. The Hall–Kier alpha value is -2.18. The van der Waals surface area contributed by atoms with Crippen molar-refractivity contribution in [2.45, 2.75) is 46.7 Å². The number of benzene rings is 1. The highest BCUT2D eigenvalue weighted by Gasteiger charge is 2.63. The highest BCUT2D eigenvalue weighted by Crippen LogP contribution is 2.44. The molecule has 0 aromatic heterocycles. The fourth-order valence-electron chi connectivity index (χ4n) is 4.85. The van der Waals surface area contributed by atoms with Crippen LogP contribution in [0.2, 0.25) is 0 Å². The molecule has 2 fully saturated rings. The molecule has 2 unspecified atom stereocenters. The second-order valence-electron chi connectivity index (χ2n) is 8.49. The van der Waals surface area contributed by atoms with Crippen molar-refractivity contribution < 1.29 is 40.6 Å². The van der Waals surface area contributed by atoms with E-state index in [4.69, 9.17) is 14.2 Å². The van der Waals surface area contributed by atoms with Gasteiger partial charge in [-0.1, -0.05) is 18.6 Å². The lowest BCUT2D eigenvalue weighted by molar-refractivity contribution is -0.142. The van der Waals surface area contributed by atoms with E-state index in [0.29, 0.717) is 5.75 Å². The number of esters is 2. The van der Waals surface area contributed by atoms with E-state index in [2.05, 4.69) is 0 Å². The molecule has 0 N–H and O–H groups in total. The van der Waals surface area contributed by atoms with Crippen LogP contribution in [0.3, 0.4) is 0 Å². The van der Waals surface area contributed by atoms with Crippen LogP contribution in [0.4, 0.5) is 0 Å². The minimum atomic E-state index is -4.60. The van der Waals surface area contributed by atoms with Crippen LogP contribution in [-0.2, 0) is 38.7 Å². The maximum absolute atomic E-state index is 13.7. The van der Waals surface area contributed by atoms with Gasteiger partial charge in [0.25, 0.3) is 0 Å². The number of likely N-dealkylation sites (tertiary alicyclic amines) is 1. The Kier molecular flexibility index (Phi) is 8.25. The zero-order valence-electron chi connectivity index (χ0n) is 19.5. The smallest absolute Gasteiger partial charge is 0.324 e. The van der Waals surface area contributed by atoms with Gasteiger partial charge in [-0.25, -0.2) is 16.8 Å². The minimum Gasteiger partial charge on any atom is -0.497 e. The minimum absolute atomic E-state index is 0.174. The van der Waals surface area contributed by atoms with Crippen LogP contribution in [0, 0.1) is 0 Å². The van der Waals surface area contributed by atoms with Crippen LogP contribution >= 0.6 is 0 Å². The van der Waals surface area contributed by atoms with Crippen molar-refractivity contribution in [2.24, 2.45) is 0 Å². The van der Waals surface area contributed by atoms with E-state index in [0.717, 1.165) is 46.6 Å². The molecule has 0 aliphatic carbocycles. The van der Waals surface area contributed by atoms with E-state index in [-0.39, 0.29) is 18.5 Å². The van der Waals surface area contributed by atoms with Crippen molar-refractivity contribution in [3.8, 4) is 5.75 Å². The molecule has 2 saturated heterocycles. The molecule has 1 aromatic rings. The number of nitrogens with zero attached hydrogens (tertiary/aromatic N) is 1. The van der Waals surface area contributed by atoms with Gasteiger partial charge < -0.3 is 19.1 Å². The zero-order chi connectivity index (χ0) is 25.1. The van der Waals surface area contributed by atoms with Crippen molar-refractivity contribution in [3.05, 3.63) is 29.8 Å². The normalized spacial score (nSPS) is 28.6. The van der Waals surface area contributed by atoms with E-state index in [1.54, 1.807) is 0 Å². The molecule has 0 spiro atoms. The third kappa shape index (κ3) is 4.94. The maximum Gasteiger partial charge on any atom is 0.324 e. The molecule has 1 aromatic carbocycles. The first-order chi connectivity index (χ1) is 16.1. The van der Waals surface area contributed by atoms with Crippen molar-refractivity contribution >= 4 is 31.6 Å². The van der Waals surface area contributed by atoms with E-state index >= 15 is 0 Å². The lowest BCUT2D eigenvalue weighted by Crippen LogP contribution is -2.60. The second kappa shape index (κ2) is 10.6. The highest BCUT2D eigenvalue weighted by molar-refractivity contribution is 8.11. The third-order valence-corrected chi connectivity index (χ3v) is 12.5. The molecule has 190 valence electrons.